The Morgan fingerprint density at radius 2 is 1.89 bits per heavy atom. The lowest BCUT2D eigenvalue weighted by Crippen LogP contribution is -2.39. The maximum atomic E-state index is 11.7. The fourth-order valence-corrected chi connectivity index (χ4v) is 2.21. The van der Waals surface area contributed by atoms with Gasteiger partial charge in [0.05, 0.1) is 6.54 Å². The minimum atomic E-state index is 0.0601. The number of hydrogen-bond donors (Lipinski definition) is 2. The predicted molar refractivity (Wildman–Crippen MR) is 83.1 cm³/mol. The maximum absolute atomic E-state index is 11.7. The van der Waals surface area contributed by atoms with E-state index in [0.29, 0.717) is 6.54 Å². The summed E-state index contributed by atoms with van der Waals surface area (Å²) in [4.78, 5) is 11.7. The molecule has 1 rings (SSSR count). The number of carbonyl (C=O) groups is 1. The molecule has 1 amide bonds. The van der Waals surface area contributed by atoms with Gasteiger partial charge in [0.1, 0.15) is 0 Å². The van der Waals surface area contributed by atoms with E-state index in [-0.39, 0.29) is 18.0 Å². The molecule has 0 aliphatic carbocycles. The number of benzene rings is 1. The van der Waals surface area contributed by atoms with E-state index >= 15 is 0 Å². The average Bonchev–Trinajstić information content (AvgIpc) is 2.37. The van der Waals surface area contributed by atoms with Crippen molar-refractivity contribution in [3.63, 3.8) is 0 Å². The van der Waals surface area contributed by atoms with Gasteiger partial charge in [-0.25, -0.2) is 0 Å². The zero-order chi connectivity index (χ0) is 14.3. The van der Waals surface area contributed by atoms with Gasteiger partial charge in [-0.05, 0) is 38.0 Å². The summed E-state index contributed by atoms with van der Waals surface area (Å²) in [6.45, 7) is 6.58. The van der Waals surface area contributed by atoms with Gasteiger partial charge in [-0.3, -0.25) is 4.79 Å². The van der Waals surface area contributed by atoms with Crippen molar-refractivity contribution in [3.8, 4) is 0 Å². The van der Waals surface area contributed by atoms with E-state index in [1.165, 1.54) is 5.56 Å². The first kappa shape index (κ1) is 16.2. The van der Waals surface area contributed by atoms with Crippen molar-refractivity contribution in [2.24, 2.45) is 0 Å². The van der Waals surface area contributed by atoms with Crippen LogP contribution in [0.1, 0.15) is 45.2 Å². The highest BCUT2D eigenvalue weighted by Crippen LogP contribution is 2.16. The van der Waals surface area contributed by atoms with Crippen LogP contribution in [0.3, 0.4) is 0 Å². The average molecular weight is 327 g/mol. The molecule has 2 N–H and O–H groups in total. The van der Waals surface area contributed by atoms with Crippen LogP contribution in [0, 0.1) is 0 Å². The van der Waals surface area contributed by atoms with Crippen molar-refractivity contribution in [2.45, 2.75) is 45.7 Å². The van der Waals surface area contributed by atoms with Crippen molar-refractivity contribution >= 4 is 21.8 Å². The van der Waals surface area contributed by atoms with E-state index < -0.39 is 0 Å². The Bertz CT molecular complexity index is 392. The summed E-state index contributed by atoms with van der Waals surface area (Å²) in [5, 5.41) is 6.23. The largest absolute Gasteiger partial charge is 0.353 e. The molecule has 4 heteroatoms. The molecular formula is C15H23BrN2O. The van der Waals surface area contributed by atoms with Gasteiger partial charge in [0.25, 0.3) is 0 Å². The van der Waals surface area contributed by atoms with Gasteiger partial charge in [0, 0.05) is 16.6 Å². The van der Waals surface area contributed by atoms with E-state index in [0.717, 1.165) is 17.3 Å². The standard InChI is InChI=1S/C15H23BrN2O/c1-4-5-11(2)18-15(19)10-17-12(3)13-6-8-14(16)9-7-13/h6-9,11-12,17H,4-5,10H2,1-3H3,(H,18,19)/t11?,12-/m1/s1. The lowest BCUT2D eigenvalue weighted by Gasteiger charge is -2.16. The lowest BCUT2D eigenvalue weighted by atomic mass is 10.1. The quantitative estimate of drug-likeness (QED) is 0.806. The van der Waals surface area contributed by atoms with Crippen molar-refractivity contribution in [1.82, 2.24) is 10.6 Å². The highest BCUT2D eigenvalue weighted by Gasteiger charge is 2.09. The molecule has 0 radical (unpaired) electrons. The summed E-state index contributed by atoms with van der Waals surface area (Å²) < 4.78 is 1.06. The van der Waals surface area contributed by atoms with Crippen molar-refractivity contribution in [2.75, 3.05) is 6.54 Å². The van der Waals surface area contributed by atoms with Crippen LogP contribution in [0.4, 0.5) is 0 Å². The Morgan fingerprint density at radius 3 is 2.47 bits per heavy atom. The van der Waals surface area contributed by atoms with Gasteiger partial charge < -0.3 is 10.6 Å². The minimum absolute atomic E-state index is 0.0601. The zero-order valence-corrected chi connectivity index (χ0v) is 13.5. The molecule has 0 aromatic heterocycles. The molecule has 1 unspecified atom stereocenters. The first-order valence-corrected chi connectivity index (χ1v) is 7.60. The van der Waals surface area contributed by atoms with Crippen LogP contribution in [-0.2, 0) is 4.79 Å². The van der Waals surface area contributed by atoms with E-state index in [9.17, 15) is 4.79 Å². The summed E-state index contributed by atoms with van der Waals surface area (Å²) >= 11 is 3.41. The predicted octanol–water partition coefficient (Wildman–Crippen LogP) is 3.40. The number of amides is 1. The lowest BCUT2D eigenvalue weighted by molar-refractivity contribution is -0.121. The van der Waals surface area contributed by atoms with Crippen LogP contribution in [-0.4, -0.2) is 18.5 Å². The van der Waals surface area contributed by atoms with E-state index in [4.69, 9.17) is 0 Å². The molecule has 0 fully saturated rings. The Kier molecular flexibility index (Phi) is 7.10. The molecule has 0 spiro atoms. The minimum Gasteiger partial charge on any atom is -0.353 e. The van der Waals surface area contributed by atoms with Gasteiger partial charge in [-0.2, -0.15) is 0 Å². The summed E-state index contributed by atoms with van der Waals surface area (Å²) in [7, 11) is 0. The second-order valence-electron chi connectivity index (χ2n) is 4.91. The van der Waals surface area contributed by atoms with Crippen LogP contribution in [0.2, 0.25) is 0 Å². The molecule has 3 nitrogen and oxygen atoms in total. The third-order valence-electron chi connectivity index (χ3n) is 3.07. The normalized spacial score (nSPS) is 13.9. The number of hydrogen-bond acceptors (Lipinski definition) is 2. The molecule has 0 aliphatic heterocycles. The summed E-state index contributed by atoms with van der Waals surface area (Å²) in [5.41, 5.74) is 1.18. The number of halogens is 1. The first-order valence-electron chi connectivity index (χ1n) is 6.81. The molecule has 0 saturated carbocycles. The van der Waals surface area contributed by atoms with Crippen molar-refractivity contribution in [1.29, 1.82) is 0 Å². The molecule has 0 heterocycles. The maximum Gasteiger partial charge on any atom is 0.234 e. The summed E-state index contributed by atoms with van der Waals surface area (Å²) in [5.74, 6) is 0.0601. The highest BCUT2D eigenvalue weighted by molar-refractivity contribution is 9.10. The second-order valence-corrected chi connectivity index (χ2v) is 5.83. The number of rotatable bonds is 7. The topological polar surface area (TPSA) is 41.1 Å². The van der Waals surface area contributed by atoms with Gasteiger partial charge in [0.15, 0.2) is 0 Å². The first-order chi connectivity index (χ1) is 9.02. The molecule has 0 bridgehead atoms. The molecule has 1 aromatic carbocycles. The summed E-state index contributed by atoms with van der Waals surface area (Å²) in [6, 6.07) is 8.55. The third kappa shape index (κ3) is 6.21. The van der Waals surface area contributed by atoms with Crippen LogP contribution in [0.25, 0.3) is 0 Å². The molecule has 2 atom stereocenters. The van der Waals surface area contributed by atoms with Crippen LogP contribution in [0.5, 0.6) is 0 Å². The molecular weight excluding hydrogens is 304 g/mol. The number of nitrogens with one attached hydrogen (secondary N) is 2. The van der Waals surface area contributed by atoms with Crippen molar-refractivity contribution in [3.05, 3.63) is 34.3 Å². The molecule has 0 aliphatic rings. The van der Waals surface area contributed by atoms with Gasteiger partial charge in [0.2, 0.25) is 5.91 Å². The van der Waals surface area contributed by atoms with Crippen LogP contribution >= 0.6 is 15.9 Å². The highest BCUT2D eigenvalue weighted by atomic mass is 79.9. The fraction of sp³-hybridized carbons (Fsp3) is 0.533. The Balaban J connectivity index is 2.35. The van der Waals surface area contributed by atoms with Gasteiger partial charge in [-0.1, -0.05) is 41.4 Å². The smallest absolute Gasteiger partial charge is 0.234 e. The van der Waals surface area contributed by atoms with E-state index in [2.05, 4.69) is 52.5 Å². The third-order valence-corrected chi connectivity index (χ3v) is 3.60. The summed E-state index contributed by atoms with van der Waals surface area (Å²) in [6.07, 6.45) is 2.11. The molecule has 0 saturated heterocycles. The molecule has 1 aromatic rings. The Labute approximate surface area is 124 Å². The van der Waals surface area contributed by atoms with Gasteiger partial charge >= 0.3 is 0 Å². The fourth-order valence-electron chi connectivity index (χ4n) is 1.95. The molecule has 106 valence electrons. The monoisotopic (exact) mass is 326 g/mol. The Hall–Kier alpha value is -0.870. The number of carbonyl (C=O) groups excluding carboxylic acids is 1. The Morgan fingerprint density at radius 1 is 1.26 bits per heavy atom. The molecule has 19 heavy (non-hydrogen) atoms. The van der Waals surface area contributed by atoms with Crippen LogP contribution < -0.4 is 10.6 Å². The van der Waals surface area contributed by atoms with E-state index in [1.807, 2.05) is 19.1 Å². The SMILES string of the molecule is CCCC(C)NC(=O)CN[C@H](C)c1ccc(Br)cc1. The van der Waals surface area contributed by atoms with E-state index in [1.54, 1.807) is 0 Å². The zero-order valence-electron chi connectivity index (χ0n) is 11.9. The van der Waals surface area contributed by atoms with Gasteiger partial charge in [-0.15, -0.1) is 0 Å². The second kappa shape index (κ2) is 8.33. The van der Waals surface area contributed by atoms with Crippen LogP contribution in [0.15, 0.2) is 28.7 Å². The van der Waals surface area contributed by atoms with Crippen molar-refractivity contribution < 1.29 is 4.79 Å².